The number of nitriles is 1. The van der Waals surface area contributed by atoms with Crippen LogP contribution in [-0.4, -0.2) is 39.1 Å². The van der Waals surface area contributed by atoms with Gasteiger partial charge in [0.2, 0.25) is 5.91 Å². The number of benzene rings is 1. The molecule has 0 radical (unpaired) electrons. The zero-order chi connectivity index (χ0) is 22.0. The molecule has 0 unspecified atom stereocenters. The third-order valence-corrected chi connectivity index (χ3v) is 7.20. The van der Waals surface area contributed by atoms with Crippen LogP contribution >= 0.6 is 15.9 Å². The number of aromatic amines is 1. The molecule has 1 aromatic carbocycles. The summed E-state index contributed by atoms with van der Waals surface area (Å²) in [7, 11) is 0. The number of halogens is 1. The highest BCUT2D eigenvalue weighted by Gasteiger charge is 2.44. The fourth-order valence-electron chi connectivity index (χ4n) is 4.59. The quantitative estimate of drug-likeness (QED) is 0.570. The second kappa shape index (κ2) is 8.91. The molecule has 2 saturated carbocycles. The Balaban J connectivity index is 0.000000217. The lowest BCUT2D eigenvalue weighted by Crippen LogP contribution is -2.40. The van der Waals surface area contributed by atoms with Gasteiger partial charge in [0.1, 0.15) is 5.54 Å². The summed E-state index contributed by atoms with van der Waals surface area (Å²) >= 11 is 3.62. The number of nitrogens with zero attached hydrogens (tertiary/aromatic N) is 2. The molecule has 164 valence electrons. The molecule has 2 fully saturated rings. The van der Waals surface area contributed by atoms with Crippen molar-refractivity contribution in [2.45, 2.75) is 63.5 Å². The van der Waals surface area contributed by atoms with Crippen molar-refractivity contribution < 1.29 is 14.7 Å². The van der Waals surface area contributed by atoms with Gasteiger partial charge in [-0.15, -0.1) is 0 Å². The van der Waals surface area contributed by atoms with Crippen molar-refractivity contribution in [2.24, 2.45) is 5.92 Å². The maximum absolute atomic E-state index is 12.8. The van der Waals surface area contributed by atoms with E-state index in [2.05, 4.69) is 49.3 Å². The Hall–Kier alpha value is -2.53. The van der Waals surface area contributed by atoms with Gasteiger partial charge in [-0.25, -0.2) is 4.79 Å². The van der Waals surface area contributed by atoms with Crippen LogP contribution in [0.2, 0.25) is 0 Å². The molecule has 0 atom stereocenters. The Labute approximate surface area is 189 Å². The van der Waals surface area contributed by atoms with Gasteiger partial charge < -0.3 is 20.3 Å². The van der Waals surface area contributed by atoms with E-state index in [1.54, 1.807) is 0 Å². The van der Waals surface area contributed by atoms with E-state index in [1.165, 1.54) is 41.4 Å². The van der Waals surface area contributed by atoms with Gasteiger partial charge in [0, 0.05) is 46.5 Å². The van der Waals surface area contributed by atoms with E-state index in [4.69, 9.17) is 10.4 Å². The predicted molar refractivity (Wildman–Crippen MR) is 120 cm³/mol. The first kappa shape index (κ1) is 21.7. The fourth-order valence-corrected chi connectivity index (χ4v) is 5.06. The van der Waals surface area contributed by atoms with Crippen LogP contribution in [0.25, 0.3) is 10.9 Å². The fraction of sp³-hybridized carbons (Fsp3) is 0.522. The average Bonchev–Trinajstić information content (AvgIpc) is 3.44. The number of nitrogens with one attached hydrogen (secondary N) is 2. The molecule has 3 aliphatic rings. The summed E-state index contributed by atoms with van der Waals surface area (Å²) < 4.78 is 1.10. The van der Waals surface area contributed by atoms with Gasteiger partial charge >= 0.3 is 6.09 Å². The smallest absolute Gasteiger partial charge is 0.405 e. The van der Waals surface area contributed by atoms with Crippen molar-refractivity contribution in [1.29, 1.82) is 5.26 Å². The minimum absolute atomic E-state index is 0.271. The first-order valence-corrected chi connectivity index (χ1v) is 11.7. The van der Waals surface area contributed by atoms with Crippen LogP contribution in [0.15, 0.2) is 22.7 Å². The number of hydrogen-bond acceptors (Lipinski definition) is 3. The van der Waals surface area contributed by atoms with Crippen molar-refractivity contribution in [1.82, 2.24) is 15.2 Å². The van der Waals surface area contributed by atoms with Gasteiger partial charge in [-0.1, -0.05) is 31.4 Å². The molecule has 1 aliphatic heterocycles. The zero-order valence-electron chi connectivity index (χ0n) is 17.4. The average molecular weight is 487 g/mol. The number of carbonyl (C=O) groups is 2. The van der Waals surface area contributed by atoms with Crippen LogP contribution in [0.4, 0.5) is 4.79 Å². The van der Waals surface area contributed by atoms with Crippen molar-refractivity contribution in [3.8, 4) is 6.07 Å². The van der Waals surface area contributed by atoms with Crippen LogP contribution in [0.1, 0.15) is 56.2 Å². The molecular formula is C23H27BrN4O3. The number of rotatable bonds is 2. The Morgan fingerprint density at radius 1 is 1.26 bits per heavy atom. The number of H-pyrrole nitrogens is 1. The predicted octanol–water partition coefficient (Wildman–Crippen LogP) is 4.71. The number of aromatic nitrogens is 1. The van der Waals surface area contributed by atoms with Crippen LogP contribution < -0.4 is 5.32 Å². The van der Waals surface area contributed by atoms with E-state index in [1.807, 2.05) is 6.07 Å². The van der Waals surface area contributed by atoms with Gasteiger partial charge in [-0.2, -0.15) is 5.26 Å². The maximum atomic E-state index is 12.8. The molecular weight excluding hydrogens is 460 g/mol. The highest BCUT2D eigenvalue weighted by atomic mass is 79.9. The van der Waals surface area contributed by atoms with Crippen LogP contribution in [0.5, 0.6) is 0 Å². The summed E-state index contributed by atoms with van der Waals surface area (Å²) in [5.74, 6) is 0.655. The first-order valence-electron chi connectivity index (χ1n) is 10.9. The molecule has 2 amide bonds. The molecule has 0 saturated heterocycles. The number of hydrogen-bond donors (Lipinski definition) is 3. The highest BCUT2D eigenvalue weighted by Crippen LogP contribution is 2.34. The second-order valence-corrected chi connectivity index (χ2v) is 9.57. The molecule has 3 N–H and O–H groups in total. The maximum Gasteiger partial charge on any atom is 0.405 e. The molecule has 0 bridgehead atoms. The van der Waals surface area contributed by atoms with E-state index < -0.39 is 11.6 Å². The lowest BCUT2D eigenvalue weighted by Gasteiger charge is -2.32. The largest absolute Gasteiger partial charge is 0.465 e. The molecule has 5 rings (SSSR count). The van der Waals surface area contributed by atoms with Gasteiger partial charge in [0.15, 0.2) is 0 Å². The summed E-state index contributed by atoms with van der Waals surface area (Å²) in [6.45, 7) is 1.62. The molecule has 1 aromatic heterocycles. The Morgan fingerprint density at radius 3 is 2.61 bits per heavy atom. The summed E-state index contributed by atoms with van der Waals surface area (Å²) in [4.78, 5) is 28.4. The third kappa shape index (κ3) is 4.72. The summed E-state index contributed by atoms with van der Waals surface area (Å²) in [6.07, 6.45) is 7.02. The van der Waals surface area contributed by atoms with Crippen LogP contribution in [0, 0.1) is 17.2 Å². The number of amides is 2. The SMILES string of the molecule is N#CC1(NC(=O)O)CC1.O=C(C1CCCCC1)N1CCc2[nH]c3c(Br)cccc3c2C1. The standard InChI is InChI=1S/C18H21BrN2O.C5H6N2O2/c19-15-8-4-7-13-14-11-21(10-9-16(14)20-17(13)15)18(22)12-5-2-1-3-6-12;6-3-5(1-2-5)7-4(8)9/h4,7-8,12,20H,1-3,5-6,9-11H2;7H,1-2H2,(H,8,9). The highest BCUT2D eigenvalue weighted by molar-refractivity contribution is 9.10. The van der Waals surface area contributed by atoms with E-state index in [-0.39, 0.29) is 5.92 Å². The van der Waals surface area contributed by atoms with Gasteiger partial charge in [0.25, 0.3) is 0 Å². The Morgan fingerprint density at radius 2 is 2.00 bits per heavy atom. The second-order valence-electron chi connectivity index (χ2n) is 8.71. The van der Waals surface area contributed by atoms with Crippen LogP contribution in [0.3, 0.4) is 0 Å². The number of carbonyl (C=O) groups excluding carboxylic acids is 1. The lowest BCUT2D eigenvalue weighted by atomic mass is 9.87. The number of fused-ring (bicyclic) bond motifs is 3. The van der Waals surface area contributed by atoms with Gasteiger partial charge in [0.05, 0.1) is 11.6 Å². The van der Waals surface area contributed by atoms with Crippen molar-refractivity contribution >= 4 is 38.8 Å². The molecule has 31 heavy (non-hydrogen) atoms. The van der Waals surface area contributed by atoms with Gasteiger partial charge in [-0.05, 0) is 47.7 Å². The van der Waals surface area contributed by atoms with Crippen LogP contribution in [-0.2, 0) is 17.8 Å². The molecule has 8 heteroatoms. The first-order chi connectivity index (χ1) is 14.9. The summed E-state index contributed by atoms with van der Waals surface area (Å²) in [5.41, 5.74) is 3.05. The molecule has 2 aliphatic carbocycles. The van der Waals surface area contributed by atoms with E-state index >= 15 is 0 Å². The monoisotopic (exact) mass is 486 g/mol. The van der Waals surface area contributed by atoms with Crippen molar-refractivity contribution in [3.05, 3.63) is 33.9 Å². The van der Waals surface area contributed by atoms with E-state index in [9.17, 15) is 9.59 Å². The number of para-hydroxylation sites is 1. The molecule has 0 spiro atoms. The zero-order valence-corrected chi connectivity index (χ0v) is 19.0. The Bertz CT molecular complexity index is 1030. The molecule has 7 nitrogen and oxygen atoms in total. The summed E-state index contributed by atoms with van der Waals surface area (Å²) in [5, 5.41) is 19.9. The minimum Gasteiger partial charge on any atom is -0.465 e. The molecule has 2 heterocycles. The normalized spacial score (nSPS) is 19.5. The van der Waals surface area contributed by atoms with Gasteiger partial charge in [-0.3, -0.25) is 4.79 Å². The van der Waals surface area contributed by atoms with Crippen molar-refractivity contribution in [2.75, 3.05) is 6.54 Å². The van der Waals surface area contributed by atoms with E-state index in [0.717, 1.165) is 36.8 Å². The van der Waals surface area contributed by atoms with E-state index in [0.29, 0.717) is 18.7 Å². The number of carboxylic acid groups (broad SMARTS) is 1. The minimum atomic E-state index is -1.12. The van der Waals surface area contributed by atoms with Crippen molar-refractivity contribution in [3.63, 3.8) is 0 Å². The summed E-state index contributed by atoms with van der Waals surface area (Å²) in [6, 6.07) is 8.19. The Kier molecular flexibility index (Phi) is 6.24. The molecule has 2 aromatic rings. The topological polar surface area (TPSA) is 109 Å². The lowest BCUT2D eigenvalue weighted by molar-refractivity contribution is -0.137. The third-order valence-electron chi connectivity index (χ3n) is 6.54.